The third-order valence-corrected chi connectivity index (χ3v) is 2.37. The maximum atomic E-state index is 11.6. The van der Waals surface area contributed by atoms with Gasteiger partial charge in [-0.1, -0.05) is 23.7 Å². The molecule has 0 aromatic heterocycles. The van der Waals surface area contributed by atoms with Crippen LogP contribution in [0.25, 0.3) is 0 Å². The summed E-state index contributed by atoms with van der Waals surface area (Å²) >= 11 is 10.6. The lowest BCUT2D eigenvalue weighted by Gasteiger charge is -2.06. The minimum Gasteiger partial charge on any atom is -0.366 e. The third-order valence-electron chi connectivity index (χ3n) is 1.78. The van der Waals surface area contributed by atoms with Crippen molar-refractivity contribution in [3.8, 4) is 0 Å². The molecule has 0 atom stereocenters. The van der Waals surface area contributed by atoms with Crippen molar-refractivity contribution < 1.29 is 4.79 Å². The number of hydrogen-bond acceptors (Lipinski definition) is 2. The molecule has 0 saturated heterocycles. The molecule has 0 amide bonds. The van der Waals surface area contributed by atoms with Crippen molar-refractivity contribution in [1.29, 1.82) is 0 Å². The lowest BCUT2D eigenvalue weighted by Crippen LogP contribution is -2.36. The lowest BCUT2D eigenvalue weighted by atomic mass is 10.1. The van der Waals surface area contributed by atoms with Crippen LogP contribution in [-0.4, -0.2) is 24.5 Å². The molecular formula is C10H11ClN2OS. The third kappa shape index (κ3) is 3.85. The predicted molar refractivity (Wildman–Crippen MR) is 65.4 cm³/mol. The van der Waals surface area contributed by atoms with Crippen LogP contribution in [0.3, 0.4) is 0 Å². The molecule has 0 saturated carbocycles. The Morgan fingerprint density at radius 2 is 2.27 bits per heavy atom. The van der Waals surface area contributed by atoms with Crippen LogP contribution in [0.2, 0.25) is 5.02 Å². The summed E-state index contributed by atoms with van der Waals surface area (Å²) < 4.78 is 0. The Morgan fingerprint density at radius 3 is 2.87 bits per heavy atom. The summed E-state index contributed by atoms with van der Waals surface area (Å²) in [6.07, 6.45) is 0. The van der Waals surface area contributed by atoms with Crippen LogP contribution in [0.5, 0.6) is 0 Å². The first-order valence-corrected chi connectivity index (χ1v) is 5.16. The Bertz CT molecular complexity index is 381. The molecule has 0 spiro atoms. The molecule has 3 nitrogen and oxygen atoms in total. The largest absolute Gasteiger partial charge is 0.366 e. The summed E-state index contributed by atoms with van der Waals surface area (Å²) in [6.45, 7) is 0.167. The van der Waals surface area contributed by atoms with E-state index in [9.17, 15) is 4.79 Å². The number of benzene rings is 1. The Morgan fingerprint density at radius 1 is 1.53 bits per heavy atom. The molecule has 2 N–H and O–H groups in total. The first kappa shape index (κ1) is 11.9. The zero-order valence-corrected chi connectivity index (χ0v) is 9.78. The van der Waals surface area contributed by atoms with Crippen molar-refractivity contribution in [3.05, 3.63) is 34.9 Å². The zero-order valence-electron chi connectivity index (χ0n) is 8.21. The van der Waals surface area contributed by atoms with Crippen LogP contribution in [0.15, 0.2) is 24.3 Å². The van der Waals surface area contributed by atoms with Gasteiger partial charge in [0.2, 0.25) is 0 Å². The van der Waals surface area contributed by atoms with E-state index in [1.807, 2.05) is 0 Å². The number of carbonyl (C=O) groups excluding carboxylic acids is 1. The number of carbonyl (C=O) groups is 1. The Kier molecular flexibility index (Phi) is 4.52. The zero-order chi connectivity index (χ0) is 11.3. The number of hydrogen-bond donors (Lipinski definition) is 2. The Hall–Kier alpha value is -1.13. The second kappa shape index (κ2) is 5.68. The number of nitrogens with one attached hydrogen (secondary N) is 2. The van der Waals surface area contributed by atoms with E-state index in [4.69, 9.17) is 23.8 Å². The summed E-state index contributed by atoms with van der Waals surface area (Å²) in [7, 11) is 1.69. The van der Waals surface area contributed by atoms with Gasteiger partial charge in [0, 0.05) is 17.6 Å². The van der Waals surface area contributed by atoms with Crippen LogP contribution in [0.4, 0.5) is 0 Å². The van der Waals surface area contributed by atoms with Gasteiger partial charge in [-0.15, -0.1) is 0 Å². The van der Waals surface area contributed by atoms with E-state index in [-0.39, 0.29) is 12.3 Å². The molecular weight excluding hydrogens is 232 g/mol. The van der Waals surface area contributed by atoms with Gasteiger partial charge in [0.05, 0.1) is 6.54 Å². The van der Waals surface area contributed by atoms with Crippen molar-refractivity contribution in [2.75, 3.05) is 13.6 Å². The maximum Gasteiger partial charge on any atom is 0.181 e. The first-order valence-electron chi connectivity index (χ1n) is 4.38. The molecule has 5 heteroatoms. The molecule has 1 rings (SSSR count). The van der Waals surface area contributed by atoms with Gasteiger partial charge in [0.25, 0.3) is 0 Å². The van der Waals surface area contributed by atoms with Crippen molar-refractivity contribution in [3.63, 3.8) is 0 Å². The van der Waals surface area contributed by atoms with Crippen LogP contribution in [-0.2, 0) is 0 Å². The molecule has 0 aliphatic carbocycles. The number of thiocarbonyl (C=S) groups is 1. The molecule has 0 fully saturated rings. The standard InChI is InChI=1S/C10H11ClN2OS/c1-12-10(15)13-6-9(14)7-3-2-4-8(11)5-7/h2-5H,6H2,1H3,(H2,12,13,15). The second-order valence-corrected chi connectivity index (χ2v) is 3.71. The average Bonchev–Trinajstić information content (AvgIpc) is 2.25. The van der Waals surface area contributed by atoms with E-state index < -0.39 is 0 Å². The van der Waals surface area contributed by atoms with Crippen LogP contribution >= 0.6 is 23.8 Å². The van der Waals surface area contributed by atoms with Gasteiger partial charge in [-0.3, -0.25) is 4.79 Å². The highest BCUT2D eigenvalue weighted by molar-refractivity contribution is 7.80. The Balaban J connectivity index is 2.58. The number of Topliss-reactive ketones (excluding diaryl/α,β-unsaturated/α-hetero) is 1. The number of ketones is 1. The molecule has 1 aromatic carbocycles. The van der Waals surface area contributed by atoms with Gasteiger partial charge in [0.15, 0.2) is 10.9 Å². The summed E-state index contributed by atoms with van der Waals surface area (Å²) in [5, 5.41) is 6.51. The summed E-state index contributed by atoms with van der Waals surface area (Å²) in [6, 6.07) is 6.82. The molecule has 1 aromatic rings. The summed E-state index contributed by atoms with van der Waals surface area (Å²) in [4.78, 5) is 11.6. The fraction of sp³-hybridized carbons (Fsp3) is 0.200. The first-order chi connectivity index (χ1) is 7.13. The van der Waals surface area contributed by atoms with Crippen molar-refractivity contribution >= 4 is 34.7 Å². The van der Waals surface area contributed by atoms with Crippen LogP contribution < -0.4 is 10.6 Å². The highest BCUT2D eigenvalue weighted by Crippen LogP contribution is 2.10. The normalized spacial score (nSPS) is 9.47. The van der Waals surface area contributed by atoms with Gasteiger partial charge < -0.3 is 10.6 Å². The molecule has 0 aliphatic rings. The monoisotopic (exact) mass is 242 g/mol. The van der Waals surface area contributed by atoms with E-state index in [1.54, 1.807) is 31.3 Å². The molecule has 0 aliphatic heterocycles. The van der Waals surface area contributed by atoms with Crippen molar-refractivity contribution in [2.45, 2.75) is 0 Å². The SMILES string of the molecule is CNC(=S)NCC(=O)c1cccc(Cl)c1. The quantitative estimate of drug-likeness (QED) is 0.624. The highest BCUT2D eigenvalue weighted by Gasteiger charge is 2.05. The van der Waals surface area contributed by atoms with E-state index >= 15 is 0 Å². The minimum absolute atomic E-state index is 0.0462. The van der Waals surface area contributed by atoms with Gasteiger partial charge >= 0.3 is 0 Å². The number of halogens is 1. The highest BCUT2D eigenvalue weighted by atomic mass is 35.5. The number of rotatable bonds is 3. The van der Waals surface area contributed by atoms with Gasteiger partial charge in [-0.25, -0.2) is 0 Å². The van der Waals surface area contributed by atoms with Crippen LogP contribution in [0, 0.1) is 0 Å². The van der Waals surface area contributed by atoms with Crippen molar-refractivity contribution in [2.24, 2.45) is 0 Å². The fourth-order valence-electron chi connectivity index (χ4n) is 1.01. The molecule has 15 heavy (non-hydrogen) atoms. The molecule has 0 radical (unpaired) electrons. The van der Waals surface area contributed by atoms with Crippen molar-refractivity contribution in [1.82, 2.24) is 10.6 Å². The van der Waals surface area contributed by atoms with E-state index in [2.05, 4.69) is 10.6 Å². The Labute approximate surface area is 98.8 Å². The van der Waals surface area contributed by atoms with E-state index in [0.29, 0.717) is 15.7 Å². The fourth-order valence-corrected chi connectivity index (χ4v) is 1.28. The molecule has 0 unspecified atom stereocenters. The van der Waals surface area contributed by atoms with E-state index in [1.165, 1.54) is 0 Å². The maximum absolute atomic E-state index is 11.6. The van der Waals surface area contributed by atoms with E-state index in [0.717, 1.165) is 0 Å². The topological polar surface area (TPSA) is 41.1 Å². The van der Waals surface area contributed by atoms with Crippen LogP contribution in [0.1, 0.15) is 10.4 Å². The summed E-state index contributed by atoms with van der Waals surface area (Å²) in [5.41, 5.74) is 0.578. The van der Waals surface area contributed by atoms with Gasteiger partial charge in [-0.05, 0) is 24.4 Å². The average molecular weight is 243 g/mol. The van der Waals surface area contributed by atoms with Gasteiger partial charge in [-0.2, -0.15) is 0 Å². The molecule has 80 valence electrons. The molecule has 0 heterocycles. The van der Waals surface area contributed by atoms with Gasteiger partial charge in [0.1, 0.15) is 0 Å². The smallest absolute Gasteiger partial charge is 0.181 e. The molecule has 0 bridgehead atoms. The summed E-state index contributed by atoms with van der Waals surface area (Å²) in [5.74, 6) is -0.0462. The second-order valence-electron chi connectivity index (χ2n) is 2.87. The predicted octanol–water partition coefficient (Wildman–Crippen LogP) is 1.62. The minimum atomic E-state index is -0.0462. The lowest BCUT2D eigenvalue weighted by molar-refractivity contribution is 0.0996.